The van der Waals surface area contributed by atoms with Crippen LogP contribution in [0.2, 0.25) is 0 Å². The van der Waals surface area contributed by atoms with Crippen molar-refractivity contribution in [3.8, 4) is 0 Å². The molecule has 3 spiro atoms. The minimum Gasteiger partial charge on any atom is -0.465 e. The highest BCUT2D eigenvalue weighted by Gasteiger charge is 2.70. The van der Waals surface area contributed by atoms with Gasteiger partial charge in [0.2, 0.25) is 0 Å². The van der Waals surface area contributed by atoms with Crippen molar-refractivity contribution in [2.75, 3.05) is 19.8 Å². The van der Waals surface area contributed by atoms with Crippen molar-refractivity contribution >= 4 is 35.8 Å². The average Bonchev–Trinajstić information content (AvgIpc) is 1.56. The third-order valence-corrected chi connectivity index (χ3v) is 40.3. The molecule has 24 nitrogen and oxygen atoms in total. The second kappa shape index (κ2) is 41.3. The van der Waals surface area contributed by atoms with Crippen molar-refractivity contribution < 1.29 is 114 Å². The van der Waals surface area contributed by atoms with Gasteiger partial charge in [0.1, 0.15) is 18.3 Å². The molecule has 15 saturated carbocycles. The van der Waals surface area contributed by atoms with Crippen LogP contribution in [0.25, 0.3) is 0 Å². The molecule has 24 heteroatoms. The normalized spacial score (nSPS) is 42.7. The number of esters is 6. The first-order valence-corrected chi connectivity index (χ1v) is 56.6. The molecule has 0 aromatic carbocycles. The van der Waals surface area contributed by atoms with E-state index in [1.54, 1.807) is 0 Å². The zero-order valence-electron chi connectivity index (χ0n) is 91.0. The summed E-state index contributed by atoms with van der Waals surface area (Å²) in [5.41, 5.74) is -2.38. The standard InChI is InChI=1S/2C20H32O4.C20H34O4.C19H30O4.2C18H30O4/c1-6-19(4,5)18(21)22-15-8-13-7-14(15)17-16(13)23-20(24-17)9-11(2)12(3)10-20;1-4-19(2,3)18(21)22-12-14-10-13-11-15(14)17-16(13)23-20(24-17)8-6-5-7-9-20;1-8-19(5,6)17(21)22-11-13-9-12-10-14(13)16-15(12)23-20(7,24-16)18(2,3)4;1-4-18(2,3)17(20)21-14-11-12-10-13(14)16-15(12)22-19(23-16)8-6-5-7-9-19;1-6-8-18(5)21-14-11-9-12(15(14)22-18)13(10-11)20-16(19)17(3,4)7-2;1-5-7-14-21-15-11-8-12(13(9-11)16(15)22-14)10-20-17(19)18(3,4)6-2/h11-17H,6-10H2,1-5H3;13-17H,4-12H2,1-3H3;12-16H,8-11H2,1-7H3;12-16H,4-11H2,1-3H3;11-15H,6-10H2,1-5H3;11-16H,5-10H2,1-4H3. The van der Waals surface area contributed by atoms with Crippen LogP contribution in [0.1, 0.15) is 405 Å². The van der Waals surface area contributed by atoms with E-state index in [2.05, 4.69) is 62.3 Å². The van der Waals surface area contributed by atoms with E-state index in [0.717, 1.165) is 167 Å². The molecule has 6 saturated heterocycles. The highest BCUT2D eigenvalue weighted by molar-refractivity contribution is 5.78. The molecular weight excluding hydrogens is 1770 g/mol. The SMILES string of the molecule is CCC(C)(C)C(=O)OC1CC2CC1C1OC3(CC(C)C(C)C3)OC21.CCC(C)(C)C(=O)OC1CC2CC1C1OC3(CCCCC3)OC21.CCC(C)(C)C(=O)OCC1CC2CC1C1OC(C)(C(C)(C)C)OC21.CCC(C)(C)C(=O)OCC1CC2CC1C1OC3(CCCCC3)OC21.CCCC1(C)OC2C3CC(OC(=O)C(C)(C)CC)C(C3)C2O1.CCCC1OC2C3CC(COC(=O)C(C)(C)CC)C(C3)C2O1. The van der Waals surface area contributed by atoms with Crippen LogP contribution in [0.15, 0.2) is 0 Å². The lowest BCUT2D eigenvalue weighted by atomic mass is 9.85. The van der Waals surface area contributed by atoms with Gasteiger partial charge >= 0.3 is 35.8 Å². The highest BCUT2D eigenvalue weighted by Crippen LogP contribution is 2.65. The van der Waals surface area contributed by atoms with Crippen molar-refractivity contribution in [1.82, 2.24) is 0 Å². The monoisotopic (exact) mass is 1950 g/mol. The molecule has 0 N–H and O–H groups in total. The molecular formula is C115H188O24. The van der Waals surface area contributed by atoms with Gasteiger partial charge in [0.25, 0.3) is 0 Å². The maximum atomic E-state index is 12.5. The summed E-state index contributed by atoms with van der Waals surface area (Å²) in [6.45, 7) is 56.9. The second-order valence-electron chi connectivity index (χ2n) is 53.2. The van der Waals surface area contributed by atoms with E-state index in [1.165, 1.54) is 51.4 Å². The molecule has 6 aliphatic heterocycles. The van der Waals surface area contributed by atoms with Crippen LogP contribution < -0.4 is 0 Å². The molecule has 6 heterocycles. The Labute approximate surface area is 835 Å². The Morgan fingerprint density at radius 1 is 0.295 bits per heavy atom. The molecule has 0 amide bonds. The van der Waals surface area contributed by atoms with E-state index >= 15 is 0 Å². The average molecular weight is 1950 g/mol. The van der Waals surface area contributed by atoms with E-state index in [1.807, 2.05) is 125 Å². The molecule has 15 aliphatic carbocycles. The summed E-state index contributed by atoms with van der Waals surface area (Å²) in [6, 6.07) is 0. The van der Waals surface area contributed by atoms with Crippen LogP contribution in [-0.2, 0) is 114 Å². The Bertz CT molecular complexity index is 4220. The van der Waals surface area contributed by atoms with Crippen LogP contribution in [-0.4, -0.2) is 182 Å². The summed E-state index contributed by atoms with van der Waals surface area (Å²) in [7, 11) is 0. The lowest BCUT2D eigenvalue weighted by molar-refractivity contribution is -0.232. The highest BCUT2D eigenvalue weighted by atomic mass is 16.8. The molecule has 12 bridgehead atoms. The summed E-state index contributed by atoms with van der Waals surface area (Å²) in [5, 5.41) is 0. The molecule has 35 unspecified atom stereocenters. The van der Waals surface area contributed by atoms with Gasteiger partial charge in [-0.05, 0) is 327 Å². The van der Waals surface area contributed by atoms with E-state index in [-0.39, 0.29) is 155 Å². The topological polar surface area (TPSA) is 269 Å². The Balaban J connectivity index is 0.000000120. The van der Waals surface area contributed by atoms with Crippen LogP contribution in [0.3, 0.4) is 0 Å². The largest absolute Gasteiger partial charge is 0.465 e. The Morgan fingerprint density at radius 2 is 0.568 bits per heavy atom. The first kappa shape index (κ1) is 108. The summed E-state index contributed by atoms with van der Waals surface area (Å²) < 4.78 is 111. The summed E-state index contributed by atoms with van der Waals surface area (Å²) >= 11 is 0. The van der Waals surface area contributed by atoms with Gasteiger partial charge < -0.3 is 85.3 Å². The molecule has 35 atom stereocenters. The van der Waals surface area contributed by atoms with Gasteiger partial charge in [-0.15, -0.1) is 0 Å². The van der Waals surface area contributed by atoms with E-state index in [9.17, 15) is 28.8 Å². The van der Waals surface area contributed by atoms with Crippen molar-refractivity contribution in [2.45, 2.75) is 532 Å². The van der Waals surface area contributed by atoms with Crippen molar-refractivity contribution in [3.63, 3.8) is 0 Å². The minimum atomic E-state index is -0.519. The smallest absolute Gasteiger partial charge is 0.311 e. The van der Waals surface area contributed by atoms with E-state index < -0.39 is 33.2 Å². The first-order valence-electron chi connectivity index (χ1n) is 56.6. The van der Waals surface area contributed by atoms with Gasteiger partial charge in [-0.25, -0.2) is 0 Å². The zero-order chi connectivity index (χ0) is 100. The number of fused-ring (bicyclic) bond motifs is 30. The number of rotatable bonds is 25. The number of carbonyl (C=O) groups excluding carboxylic acids is 6. The molecule has 0 aromatic heterocycles. The fraction of sp³-hybridized carbons (Fsp3) is 0.948. The number of hydrogen-bond donors (Lipinski definition) is 0. The molecule has 21 aliphatic rings. The Morgan fingerprint density at radius 3 is 0.928 bits per heavy atom. The second-order valence-corrected chi connectivity index (χ2v) is 53.2. The number of hydrogen-bond acceptors (Lipinski definition) is 24. The maximum Gasteiger partial charge on any atom is 0.311 e. The minimum absolute atomic E-state index is 0.00868. The summed E-state index contributed by atoms with van der Waals surface area (Å²) in [6.07, 6.45) is 38.0. The van der Waals surface area contributed by atoms with Crippen LogP contribution >= 0.6 is 0 Å². The molecule has 139 heavy (non-hydrogen) atoms. The number of ether oxygens (including phenoxy) is 18. The van der Waals surface area contributed by atoms with E-state index in [0.29, 0.717) is 133 Å². The predicted octanol–water partition coefficient (Wildman–Crippen LogP) is 23.2. The van der Waals surface area contributed by atoms with E-state index in [4.69, 9.17) is 85.3 Å². The van der Waals surface area contributed by atoms with Crippen LogP contribution in [0.4, 0.5) is 0 Å². The fourth-order valence-corrected chi connectivity index (χ4v) is 28.3. The van der Waals surface area contributed by atoms with Gasteiger partial charge in [-0.1, -0.05) is 116 Å². The van der Waals surface area contributed by atoms with Crippen molar-refractivity contribution in [1.29, 1.82) is 0 Å². The lowest BCUT2D eigenvalue weighted by Gasteiger charge is -2.37. The molecule has 21 fully saturated rings. The van der Waals surface area contributed by atoms with Crippen LogP contribution in [0.5, 0.6) is 0 Å². The molecule has 21 rings (SSSR count). The van der Waals surface area contributed by atoms with Crippen molar-refractivity contribution in [2.24, 2.45) is 139 Å². The Hall–Kier alpha value is -3.66. The van der Waals surface area contributed by atoms with Crippen LogP contribution in [0, 0.1) is 139 Å². The summed E-state index contributed by atoms with van der Waals surface area (Å²) in [4.78, 5) is 73.9. The van der Waals surface area contributed by atoms with Gasteiger partial charge in [-0.3, -0.25) is 28.8 Å². The quantitative estimate of drug-likeness (QED) is 0.0607. The third-order valence-electron chi connectivity index (χ3n) is 40.3. The fourth-order valence-electron chi connectivity index (χ4n) is 28.3. The number of carbonyl (C=O) groups is 6. The lowest BCUT2D eigenvalue weighted by Crippen LogP contribution is -2.42. The third kappa shape index (κ3) is 21.7. The first-order chi connectivity index (χ1) is 65.4. The zero-order valence-corrected chi connectivity index (χ0v) is 91.0. The van der Waals surface area contributed by atoms with Gasteiger partial charge in [-0.2, -0.15) is 0 Å². The molecule has 792 valence electrons. The Kier molecular flexibility index (Phi) is 32.1. The van der Waals surface area contributed by atoms with Gasteiger partial charge in [0, 0.05) is 68.1 Å². The maximum absolute atomic E-state index is 12.5. The molecule has 0 aromatic rings. The van der Waals surface area contributed by atoms with Gasteiger partial charge in [0.05, 0.1) is 126 Å². The van der Waals surface area contributed by atoms with Crippen molar-refractivity contribution in [3.05, 3.63) is 0 Å². The molecule has 0 radical (unpaired) electrons. The predicted molar refractivity (Wildman–Crippen MR) is 525 cm³/mol. The van der Waals surface area contributed by atoms with Gasteiger partial charge in [0.15, 0.2) is 35.2 Å². The summed E-state index contributed by atoms with van der Waals surface area (Å²) in [5.74, 6) is 6.01.